The molecule has 0 bridgehead atoms. The van der Waals surface area contributed by atoms with E-state index < -0.39 is 21.5 Å². The van der Waals surface area contributed by atoms with Gasteiger partial charge in [-0.2, -0.15) is 0 Å². The summed E-state index contributed by atoms with van der Waals surface area (Å²) in [6.07, 6.45) is 3.67. The van der Waals surface area contributed by atoms with E-state index in [1.807, 2.05) is 27.7 Å². The van der Waals surface area contributed by atoms with Crippen LogP contribution in [0.2, 0.25) is 0 Å². The summed E-state index contributed by atoms with van der Waals surface area (Å²) < 4.78 is 28.9. The molecular formula is C14H24N2O4S. The fourth-order valence-electron chi connectivity index (χ4n) is 2.33. The molecule has 0 atom stereocenters. The number of aryl methyl sites for hydroxylation is 1. The van der Waals surface area contributed by atoms with Crippen LogP contribution in [0.5, 0.6) is 0 Å². The third kappa shape index (κ3) is 4.57. The van der Waals surface area contributed by atoms with Crippen molar-refractivity contribution in [3.8, 4) is 0 Å². The predicted octanol–water partition coefficient (Wildman–Crippen LogP) is 2.45. The van der Waals surface area contributed by atoms with Gasteiger partial charge in [0.05, 0.1) is 0 Å². The number of carboxylic acid groups (broad SMARTS) is 1. The molecule has 0 radical (unpaired) electrons. The molecule has 0 spiro atoms. The molecule has 2 N–H and O–H groups in total. The minimum atomic E-state index is -3.73. The Morgan fingerprint density at radius 2 is 1.95 bits per heavy atom. The lowest BCUT2D eigenvalue weighted by Gasteiger charge is -2.25. The first-order valence-electron chi connectivity index (χ1n) is 7.10. The first kappa shape index (κ1) is 17.7. The number of hydrogen-bond donors (Lipinski definition) is 2. The van der Waals surface area contributed by atoms with Gasteiger partial charge in [0.2, 0.25) is 10.0 Å². The van der Waals surface area contributed by atoms with E-state index in [9.17, 15) is 13.2 Å². The molecular weight excluding hydrogens is 292 g/mol. The quantitative estimate of drug-likeness (QED) is 0.771. The van der Waals surface area contributed by atoms with Gasteiger partial charge in [0, 0.05) is 18.3 Å². The van der Waals surface area contributed by atoms with E-state index in [0.717, 1.165) is 12.8 Å². The van der Waals surface area contributed by atoms with Crippen LogP contribution in [-0.2, 0) is 16.6 Å². The molecule has 0 aliphatic carbocycles. The molecule has 0 aliphatic rings. The second-order valence-electron chi connectivity index (χ2n) is 5.80. The largest absolute Gasteiger partial charge is 0.477 e. The van der Waals surface area contributed by atoms with Crippen LogP contribution < -0.4 is 4.72 Å². The lowest BCUT2D eigenvalue weighted by atomic mass is 10.0. The van der Waals surface area contributed by atoms with Crippen molar-refractivity contribution in [3.05, 3.63) is 18.0 Å². The van der Waals surface area contributed by atoms with Crippen molar-refractivity contribution in [3.63, 3.8) is 0 Å². The summed E-state index contributed by atoms with van der Waals surface area (Å²) in [7, 11) is -3.73. The Labute approximate surface area is 126 Å². The molecule has 120 valence electrons. The Balaban J connectivity index is 3.14. The van der Waals surface area contributed by atoms with Gasteiger partial charge >= 0.3 is 5.97 Å². The molecule has 0 saturated heterocycles. The van der Waals surface area contributed by atoms with Crippen LogP contribution in [-0.4, -0.2) is 29.6 Å². The van der Waals surface area contributed by atoms with Crippen molar-refractivity contribution in [2.24, 2.45) is 0 Å². The Hall–Kier alpha value is -1.34. The summed E-state index contributed by atoms with van der Waals surface area (Å²) in [5.74, 6) is -1.13. The highest BCUT2D eigenvalue weighted by molar-refractivity contribution is 7.89. The Bertz CT molecular complexity index is 602. The lowest BCUT2D eigenvalue weighted by Crippen LogP contribution is -2.43. The van der Waals surface area contributed by atoms with Gasteiger partial charge in [0.1, 0.15) is 10.6 Å². The van der Waals surface area contributed by atoms with Gasteiger partial charge in [-0.15, -0.1) is 0 Å². The van der Waals surface area contributed by atoms with E-state index in [1.54, 1.807) is 0 Å². The van der Waals surface area contributed by atoms with Gasteiger partial charge in [-0.3, -0.25) is 0 Å². The summed E-state index contributed by atoms with van der Waals surface area (Å²) >= 11 is 0. The van der Waals surface area contributed by atoms with Crippen LogP contribution in [0, 0.1) is 0 Å². The van der Waals surface area contributed by atoms with Crippen molar-refractivity contribution in [2.45, 2.75) is 63.9 Å². The summed E-state index contributed by atoms with van der Waals surface area (Å²) in [6, 6.07) is 1.21. The first-order chi connectivity index (χ1) is 9.63. The number of aromatic carboxylic acids is 1. The van der Waals surface area contributed by atoms with Gasteiger partial charge < -0.3 is 9.67 Å². The van der Waals surface area contributed by atoms with Gasteiger partial charge in [-0.05, 0) is 32.8 Å². The Morgan fingerprint density at radius 3 is 2.43 bits per heavy atom. The number of nitrogens with one attached hydrogen (secondary N) is 1. The van der Waals surface area contributed by atoms with Crippen molar-refractivity contribution in [1.82, 2.24) is 9.29 Å². The molecule has 6 nitrogen and oxygen atoms in total. The molecule has 0 fully saturated rings. The number of carbonyl (C=O) groups is 1. The predicted molar refractivity (Wildman–Crippen MR) is 81.0 cm³/mol. The standard InChI is InChI=1S/C14H24N2O4S/c1-5-7-14(3,4)15-21(19,20)11-9-12(13(17)18)16(10-11)8-6-2/h9-10,15H,5-8H2,1-4H3,(H,17,18). The van der Waals surface area contributed by atoms with Crippen LogP contribution >= 0.6 is 0 Å². The highest BCUT2D eigenvalue weighted by Gasteiger charge is 2.27. The SMILES string of the molecule is CCCn1cc(S(=O)(=O)NC(C)(C)CCC)cc1C(=O)O. The Morgan fingerprint density at radius 1 is 1.33 bits per heavy atom. The molecule has 0 aliphatic heterocycles. The second-order valence-corrected chi connectivity index (χ2v) is 7.48. The van der Waals surface area contributed by atoms with Crippen LogP contribution in [0.25, 0.3) is 0 Å². The number of aromatic nitrogens is 1. The summed E-state index contributed by atoms with van der Waals surface area (Å²) in [5, 5.41) is 9.15. The third-order valence-corrected chi connectivity index (χ3v) is 4.82. The van der Waals surface area contributed by atoms with Gasteiger partial charge in [0.15, 0.2) is 0 Å². The molecule has 0 saturated carbocycles. The van der Waals surface area contributed by atoms with Gasteiger partial charge in [-0.1, -0.05) is 20.3 Å². The molecule has 1 heterocycles. The monoisotopic (exact) mass is 316 g/mol. The van der Waals surface area contributed by atoms with Crippen LogP contribution in [0.15, 0.2) is 17.2 Å². The zero-order chi connectivity index (χ0) is 16.3. The average molecular weight is 316 g/mol. The maximum atomic E-state index is 12.4. The number of hydrogen-bond acceptors (Lipinski definition) is 3. The maximum absolute atomic E-state index is 12.4. The molecule has 0 unspecified atom stereocenters. The van der Waals surface area contributed by atoms with E-state index in [0.29, 0.717) is 13.0 Å². The molecule has 1 rings (SSSR count). The molecule has 0 amide bonds. The zero-order valence-corrected chi connectivity index (χ0v) is 13.8. The van der Waals surface area contributed by atoms with Crippen LogP contribution in [0.4, 0.5) is 0 Å². The normalized spacial score (nSPS) is 12.6. The molecule has 1 aromatic rings. The summed E-state index contributed by atoms with van der Waals surface area (Å²) in [5.41, 5.74) is -0.574. The van der Waals surface area contributed by atoms with E-state index >= 15 is 0 Å². The minimum Gasteiger partial charge on any atom is -0.477 e. The highest BCUT2D eigenvalue weighted by atomic mass is 32.2. The number of carboxylic acids is 1. The first-order valence-corrected chi connectivity index (χ1v) is 8.58. The van der Waals surface area contributed by atoms with Crippen molar-refractivity contribution in [2.75, 3.05) is 0 Å². The summed E-state index contributed by atoms with van der Waals surface area (Å²) in [6.45, 7) is 7.98. The maximum Gasteiger partial charge on any atom is 0.352 e. The zero-order valence-electron chi connectivity index (χ0n) is 13.0. The molecule has 0 aromatic carbocycles. The second kappa shape index (κ2) is 6.62. The lowest BCUT2D eigenvalue weighted by molar-refractivity contribution is 0.0685. The highest BCUT2D eigenvalue weighted by Crippen LogP contribution is 2.19. The molecule has 21 heavy (non-hydrogen) atoms. The fourth-order valence-corrected chi connectivity index (χ4v) is 3.81. The van der Waals surface area contributed by atoms with E-state index in [-0.39, 0.29) is 10.6 Å². The minimum absolute atomic E-state index is 0.00229. The molecule has 7 heteroatoms. The molecule has 1 aromatic heterocycles. The van der Waals surface area contributed by atoms with Crippen molar-refractivity contribution in [1.29, 1.82) is 0 Å². The smallest absolute Gasteiger partial charge is 0.352 e. The fraction of sp³-hybridized carbons (Fsp3) is 0.643. The average Bonchev–Trinajstić information content (AvgIpc) is 2.72. The number of sulfonamides is 1. The number of nitrogens with zero attached hydrogens (tertiary/aromatic N) is 1. The Kier molecular flexibility index (Phi) is 5.58. The van der Waals surface area contributed by atoms with E-state index in [2.05, 4.69) is 4.72 Å². The van der Waals surface area contributed by atoms with Gasteiger partial charge in [-0.25, -0.2) is 17.9 Å². The third-order valence-electron chi connectivity index (χ3n) is 3.15. The van der Waals surface area contributed by atoms with Gasteiger partial charge in [0.25, 0.3) is 0 Å². The van der Waals surface area contributed by atoms with Crippen LogP contribution in [0.3, 0.4) is 0 Å². The van der Waals surface area contributed by atoms with E-state index in [4.69, 9.17) is 5.11 Å². The van der Waals surface area contributed by atoms with E-state index in [1.165, 1.54) is 16.8 Å². The van der Waals surface area contributed by atoms with Crippen molar-refractivity contribution < 1.29 is 18.3 Å². The van der Waals surface area contributed by atoms with Crippen LogP contribution in [0.1, 0.15) is 57.4 Å². The topological polar surface area (TPSA) is 88.4 Å². The number of rotatable bonds is 8. The summed E-state index contributed by atoms with van der Waals surface area (Å²) in [4.78, 5) is 11.2. The van der Waals surface area contributed by atoms with Crippen molar-refractivity contribution >= 4 is 16.0 Å².